The van der Waals surface area contributed by atoms with Gasteiger partial charge in [0.1, 0.15) is 11.5 Å². The summed E-state index contributed by atoms with van der Waals surface area (Å²) in [5.41, 5.74) is 1.24. The van der Waals surface area contributed by atoms with Crippen molar-refractivity contribution < 1.29 is 19.4 Å². The van der Waals surface area contributed by atoms with Gasteiger partial charge in [0.05, 0.1) is 18.2 Å². The van der Waals surface area contributed by atoms with Gasteiger partial charge in [-0.25, -0.2) is 0 Å². The Labute approximate surface area is 181 Å². The molecule has 1 saturated heterocycles. The van der Waals surface area contributed by atoms with Gasteiger partial charge in [0.25, 0.3) is 11.7 Å². The standard InChI is InChI=1S/C24H26ClNO4/c1-4-12-26-21(17-6-5-7-19(13-17)30-14-15(2)3)20(23(28)24(26)29)22(27)16-8-10-18(25)11-9-16/h5-11,13,15,21,27H,4,12,14H2,1-3H3/b22-20-. The summed E-state index contributed by atoms with van der Waals surface area (Å²) in [6.45, 7) is 7.03. The van der Waals surface area contributed by atoms with Crippen LogP contribution in [0.3, 0.4) is 0 Å². The number of carbonyl (C=O) groups excluding carboxylic acids is 2. The van der Waals surface area contributed by atoms with E-state index in [0.717, 1.165) is 5.56 Å². The number of Topliss-reactive ketones (excluding diaryl/α,β-unsaturated/α-hetero) is 1. The van der Waals surface area contributed by atoms with Gasteiger partial charge < -0.3 is 14.7 Å². The summed E-state index contributed by atoms with van der Waals surface area (Å²) in [5.74, 6) is -0.471. The molecule has 1 aliphatic heterocycles. The summed E-state index contributed by atoms with van der Waals surface area (Å²) in [5, 5.41) is 11.5. The smallest absolute Gasteiger partial charge is 0.295 e. The Balaban J connectivity index is 2.10. The van der Waals surface area contributed by atoms with E-state index < -0.39 is 17.7 Å². The van der Waals surface area contributed by atoms with E-state index in [1.165, 1.54) is 4.90 Å². The maximum absolute atomic E-state index is 12.9. The van der Waals surface area contributed by atoms with Gasteiger partial charge >= 0.3 is 0 Å². The number of rotatable bonds is 7. The molecule has 0 radical (unpaired) electrons. The van der Waals surface area contributed by atoms with Crippen molar-refractivity contribution in [2.45, 2.75) is 33.2 Å². The van der Waals surface area contributed by atoms with E-state index in [9.17, 15) is 14.7 Å². The number of aliphatic hydroxyl groups is 1. The summed E-state index contributed by atoms with van der Waals surface area (Å²) in [7, 11) is 0. The summed E-state index contributed by atoms with van der Waals surface area (Å²) >= 11 is 5.95. The molecule has 1 atom stereocenters. The summed E-state index contributed by atoms with van der Waals surface area (Å²) in [6.07, 6.45) is 0.689. The minimum atomic E-state index is -0.686. The Hall–Kier alpha value is -2.79. The fourth-order valence-electron chi connectivity index (χ4n) is 3.50. The molecule has 30 heavy (non-hydrogen) atoms. The highest BCUT2D eigenvalue weighted by Crippen LogP contribution is 2.40. The molecule has 0 aromatic heterocycles. The molecule has 2 aromatic carbocycles. The van der Waals surface area contributed by atoms with Gasteiger partial charge in [0.2, 0.25) is 0 Å². The van der Waals surface area contributed by atoms with E-state index in [-0.39, 0.29) is 11.3 Å². The monoisotopic (exact) mass is 427 g/mol. The molecule has 158 valence electrons. The minimum absolute atomic E-state index is 0.0804. The molecule has 1 N–H and O–H groups in total. The number of amides is 1. The van der Waals surface area contributed by atoms with E-state index >= 15 is 0 Å². The normalized spacial score (nSPS) is 18.3. The molecule has 0 aliphatic carbocycles. The molecule has 5 nitrogen and oxygen atoms in total. The number of carbonyl (C=O) groups is 2. The van der Waals surface area contributed by atoms with E-state index in [2.05, 4.69) is 13.8 Å². The molecule has 0 spiro atoms. The number of hydrogen-bond donors (Lipinski definition) is 1. The predicted octanol–water partition coefficient (Wildman–Crippen LogP) is 5.21. The molecular formula is C24H26ClNO4. The maximum atomic E-state index is 12.9. The summed E-state index contributed by atoms with van der Waals surface area (Å²) in [6, 6.07) is 13.2. The molecule has 0 saturated carbocycles. The number of benzene rings is 2. The number of aliphatic hydroxyl groups excluding tert-OH is 1. The first-order chi connectivity index (χ1) is 14.3. The van der Waals surface area contributed by atoms with E-state index in [1.807, 2.05) is 31.2 Å². The zero-order valence-corrected chi connectivity index (χ0v) is 18.1. The van der Waals surface area contributed by atoms with Crippen LogP contribution >= 0.6 is 11.6 Å². The molecule has 3 rings (SSSR count). The Morgan fingerprint density at radius 2 is 1.87 bits per heavy atom. The number of hydrogen-bond acceptors (Lipinski definition) is 4. The topological polar surface area (TPSA) is 66.8 Å². The van der Waals surface area contributed by atoms with Crippen LogP contribution in [0.5, 0.6) is 5.75 Å². The van der Waals surface area contributed by atoms with Gasteiger partial charge in [0.15, 0.2) is 0 Å². The van der Waals surface area contributed by atoms with Gasteiger partial charge in [-0.15, -0.1) is 0 Å². The van der Waals surface area contributed by atoms with Crippen molar-refractivity contribution in [3.05, 3.63) is 70.3 Å². The first-order valence-electron chi connectivity index (χ1n) is 10.1. The zero-order chi connectivity index (χ0) is 21.8. The largest absolute Gasteiger partial charge is 0.507 e. The Kier molecular flexibility index (Phi) is 6.83. The Bertz CT molecular complexity index is 965. The van der Waals surface area contributed by atoms with Gasteiger partial charge in [0, 0.05) is 17.1 Å². The van der Waals surface area contributed by atoms with Crippen molar-refractivity contribution >= 4 is 29.1 Å². The SMILES string of the molecule is CCCN1C(=O)C(=O)/C(=C(\O)c2ccc(Cl)cc2)C1c1cccc(OCC(C)C)c1. The highest BCUT2D eigenvalue weighted by atomic mass is 35.5. The van der Waals surface area contributed by atoms with Gasteiger partial charge in [-0.2, -0.15) is 0 Å². The highest BCUT2D eigenvalue weighted by molar-refractivity contribution is 6.46. The lowest BCUT2D eigenvalue weighted by atomic mass is 9.95. The third kappa shape index (κ3) is 4.51. The van der Waals surface area contributed by atoms with Crippen molar-refractivity contribution in [3.63, 3.8) is 0 Å². The zero-order valence-electron chi connectivity index (χ0n) is 17.4. The van der Waals surface area contributed by atoms with Crippen LogP contribution in [0.15, 0.2) is 54.1 Å². The van der Waals surface area contributed by atoms with E-state index in [1.54, 1.807) is 24.3 Å². The molecular weight excluding hydrogens is 402 g/mol. The minimum Gasteiger partial charge on any atom is -0.507 e. The molecule has 6 heteroatoms. The van der Waals surface area contributed by atoms with Crippen molar-refractivity contribution in [3.8, 4) is 5.75 Å². The fourth-order valence-corrected chi connectivity index (χ4v) is 3.62. The highest BCUT2D eigenvalue weighted by Gasteiger charge is 2.45. The van der Waals surface area contributed by atoms with Crippen molar-refractivity contribution in [2.75, 3.05) is 13.2 Å². The van der Waals surface area contributed by atoms with Crippen LogP contribution in [0.25, 0.3) is 5.76 Å². The average Bonchev–Trinajstić information content (AvgIpc) is 2.98. The van der Waals surface area contributed by atoms with Gasteiger partial charge in [-0.1, -0.05) is 44.5 Å². The van der Waals surface area contributed by atoms with Crippen LogP contribution in [0.2, 0.25) is 5.02 Å². The third-order valence-corrected chi connectivity index (χ3v) is 5.13. The van der Waals surface area contributed by atoms with E-state index in [4.69, 9.17) is 16.3 Å². The lowest BCUT2D eigenvalue weighted by Crippen LogP contribution is -2.30. The van der Waals surface area contributed by atoms with Crippen LogP contribution < -0.4 is 4.74 Å². The summed E-state index contributed by atoms with van der Waals surface area (Å²) in [4.78, 5) is 27.2. The molecule has 2 aromatic rings. The molecule has 1 aliphatic rings. The number of ketones is 1. The number of likely N-dealkylation sites (tertiary alicyclic amines) is 1. The molecule has 1 fully saturated rings. The second-order valence-corrected chi connectivity index (χ2v) is 8.21. The van der Waals surface area contributed by atoms with Crippen LogP contribution in [0.1, 0.15) is 44.4 Å². The number of halogens is 1. The Morgan fingerprint density at radius 3 is 2.50 bits per heavy atom. The second kappa shape index (κ2) is 9.35. The van der Waals surface area contributed by atoms with Gasteiger partial charge in [-0.05, 0) is 54.3 Å². The van der Waals surface area contributed by atoms with Crippen LogP contribution in [-0.2, 0) is 9.59 Å². The summed E-state index contributed by atoms with van der Waals surface area (Å²) < 4.78 is 5.83. The number of nitrogens with zero attached hydrogens (tertiary/aromatic N) is 1. The molecule has 0 bridgehead atoms. The molecule has 1 amide bonds. The maximum Gasteiger partial charge on any atom is 0.295 e. The van der Waals surface area contributed by atoms with Crippen LogP contribution in [-0.4, -0.2) is 34.8 Å². The quantitative estimate of drug-likeness (QED) is 0.374. The predicted molar refractivity (Wildman–Crippen MR) is 118 cm³/mol. The van der Waals surface area contributed by atoms with E-state index in [0.29, 0.717) is 41.8 Å². The lowest BCUT2D eigenvalue weighted by Gasteiger charge is -2.25. The second-order valence-electron chi connectivity index (χ2n) is 7.78. The lowest BCUT2D eigenvalue weighted by molar-refractivity contribution is -0.139. The molecule has 1 unspecified atom stereocenters. The van der Waals surface area contributed by atoms with Crippen molar-refractivity contribution in [1.82, 2.24) is 4.90 Å². The Morgan fingerprint density at radius 1 is 1.17 bits per heavy atom. The van der Waals surface area contributed by atoms with Crippen molar-refractivity contribution in [2.24, 2.45) is 5.92 Å². The first-order valence-corrected chi connectivity index (χ1v) is 10.5. The third-order valence-electron chi connectivity index (χ3n) is 4.88. The molecule has 1 heterocycles. The van der Waals surface area contributed by atoms with Gasteiger partial charge in [-0.3, -0.25) is 9.59 Å². The average molecular weight is 428 g/mol. The number of ether oxygens (including phenoxy) is 1. The first kappa shape index (κ1) is 21.9. The van der Waals surface area contributed by atoms with Crippen LogP contribution in [0, 0.1) is 5.92 Å². The fraction of sp³-hybridized carbons (Fsp3) is 0.333. The van der Waals surface area contributed by atoms with Crippen molar-refractivity contribution in [1.29, 1.82) is 0 Å². The van der Waals surface area contributed by atoms with Crippen LogP contribution in [0.4, 0.5) is 0 Å².